The van der Waals surface area contributed by atoms with Gasteiger partial charge in [-0.25, -0.2) is 0 Å². The molecule has 0 aromatic rings. The van der Waals surface area contributed by atoms with Crippen LogP contribution >= 0.6 is 0 Å². The predicted octanol–water partition coefficient (Wildman–Crippen LogP) is 3.91. The first-order valence-electron chi connectivity index (χ1n) is 8.10. The molecule has 0 amide bonds. The Labute approximate surface area is 124 Å². The SMILES string of the molecule is CCCC1OC[C@@H](CC(C)[C@@H](C)CC/C(C)=C/CO)O1. The van der Waals surface area contributed by atoms with Crippen molar-refractivity contribution in [2.75, 3.05) is 13.2 Å². The molecule has 3 heteroatoms. The molecule has 20 heavy (non-hydrogen) atoms. The number of rotatable bonds is 9. The molecule has 0 spiro atoms. The van der Waals surface area contributed by atoms with Crippen molar-refractivity contribution in [3.63, 3.8) is 0 Å². The summed E-state index contributed by atoms with van der Waals surface area (Å²) in [6, 6.07) is 0. The smallest absolute Gasteiger partial charge is 0.158 e. The number of allylic oxidation sites excluding steroid dienone is 1. The second-order valence-electron chi connectivity index (χ2n) is 6.27. The zero-order valence-corrected chi connectivity index (χ0v) is 13.6. The van der Waals surface area contributed by atoms with Gasteiger partial charge in [-0.3, -0.25) is 0 Å². The number of aliphatic hydroxyl groups is 1. The zero-order chi connectivity index (χ0) is 15.0. The van der Waals surface area contributed by atoms with Crippen LogP contribution in [0.15, 0.2) is 11.6 Å². The van der Waals surface area contributed by atoms with Crippen LogP contribution in [0.2, 0.25) is 0 Å². The van der Waals surface area contributed by atoms with Crippen LogP contribution in [0.3, 0.4) is 0 Å². The van der Waals surface area contributed by atoms with Gasteiger partial charge in [0, 0.05) is 0 Å². The fourth-order valence-electron chi connectivity index (χ4n) is 2.66. The van der Waals surface area contributed by atoms with E-state index in [1.54, 1.807) is 0 Å². The average Bonchev–Trinajstić information content (AvgIpc) is 2.84. The summed E-state index contributed by atoms with van der Waals surface area (Å²) in [6.07, 6.45) is 7.67. The summed E-state index contributed by atoms with van der Waals surface area (Å²) >= 11 is 0. The number of hydrogen-bond donors (Lipinski definition) is 1. The Balaban J connectivity index is 2.24. The largest absolute Gasteiger partial charge is 0.392 e. The summed E-state index contributed by atoms with van der Waals surface area (Å²) in [5, 5.41) is 8.86. The summed E-state index contributed by atoms with van der Waals surface area (Å²) in [4.78, 5) is 0. The molecule has 1 N–H and O–H groups in total. The van der Waals surface area contributed by atoms with E-state index in [2.05, 4.69) is 27.7 Å². The molecule has 1 fully saturated rings. The molecule has 1 aliphatic heterocycles. The summed E-state index contributed by atoms with van der Waals surface area (Å²) in [5.74, 6) is 1.32. The van der Waals surface area contributed by atoms with Crippen LogP contribution in [0.4, 0.5) is 0 Å². The maximum atomic E-state index is 8.86. The van der Waals surface area contributed by atoms with Crippen molar-refractivity contribution in [2.24, 2.45) is 11.8 Å². The van der Waals surface area contributed by atoms with E-state index in [9.17, 15) is 0 Å². The highest BCUT2D eigenvalue weighted by atomic mass is 16.7. The van der Waals surface area contributed by atoms with Crippen molar-refractivity contribution in [1.82, 2.24) is 0 Å². The van der Waals surface area contributed by atoms with E-state index in [-0.39, 0.29) is 19.0 Å². The summed E-state index contributed by atoms with van der Waals surface area (Å²) < 4.78 is 11.6. The van der Waals surface area contributed by atoms with Gasteiger partial charge >= 0.3 is 0 Å². The molecule has 1 saturated heterocycles. The van der Waals surface area contributed by atoms with E-state index >= 15 is 0 Å². The van der Waals surface area contributed by atoms with Crippen LogP contribution in [0.5, 0.6) is 0 Å². The van der Waals surface area contributed by atoms with Crippen molar-refractivity contribution in [3.8, 4) is 0 Å². The first-order valence-corrected chi connectivity index (χ1v) is 8.10. The first-order chi connectivity index (χ1) is 9.56. The molecule has 0 aliphatic carbocycles. The highest BCUT2D eigenvalue weighted by molar-refractivity contribution is 4.97. The van der Waals surface area contributed by atoms with Gasteiger partial charge in [0.15, 0.2) is 6.29 Å². The molecule has 1 aliphatic rings. The third kappa shape index (κ3) is 6.38. The van der Waals surface area contributed by atoms with Crippen LogP contribution in [0.25, 0.3) is 0 Å². The van der Waals surface area contributed by atoms with Crippen LogP contribution in [-0.2, 0) is 9.47 Å². The van der Waals surface area contributed by atoms with Gasteiger partial charge in [-0.05, 0) is 44.4 Å². The fraction of sp³-hybridized carbons (Fsp3) is 0.882. The normalized spacial score (nSPS) is 26.8. The maximum Gasteiger partial charge on any atom is 0.158 e. The lowest BCUT2D eigenvalue weighted by Gasteiger charge is -2.22. The minimum atomic E-state index is 0.0299. The molecule has 0 radical (unpaired) electrons. The molecule has 1 rings (SSSR count). The van der Waals surface area contributed by atoms with Gasteiger partial charge in [0.1, 0.15) is 0 Å². The second kappa shape index (κ2) is 9.54. The molecule has 0 aromatic heterocycles. The Bertz CT molecular complexity index is 288. The standard InChI is InChI=1S/C17H32O3/c1-5-6-17-19-12-16(20-17)11-15(4)14(3)8-7-13(2)9-10-18/h9,14-18H,5-8,10-12H2,1-4H3/b13-9+/t14-,15?,16+,17?/m0/s1. The van der Waals surface area contributed by atoms with Gasteiger partial charge in [0.2, 0.25) is 0 Å². The van der Waals surface area contributed by atoms with Gasteiger partial charge in [-0.1, -0.05) is 38.8 Å². The first kappa shape index (κ1) is 17.7. The quantitative estimate of drug-likeness (QED) is 0.652. The lowest BCUT2D eigenvalue weighted by atomic mass is 9.86. The molecular formula is C17H32O3. The predicted molar refractivity (Wildman–Crippen MR) is 82.5 cm³/mol. The van der Waals surface area contributed by atoms with Crippen LogP contribution < -0.4 is 0 Å². The average molecular weight is 284 g/mol. The van der Waals surface area contributed by atoms with Crippen LogP contribution in [0.1, 0.15) is 59.8 Å². The monoisotopic (exact) mass is 284 g/mol. The van der Waals surface area contributed by atoms with E-state index < -0.39 is 0 Å². The van der Waals surface area contributed by atoms with E-state index in [1.807, 2.05) is 6.08 Å². The van der Waals surface area contributed by atoms with Gasteiger partial charge in [-0.2, -0.15) is 0 Å². The van der Waals surface area contributed by atoms with E-state index in [4.69, 9.17) is 14.6 Å². The fourth-order valence-corrected chi connectivity index (χ4v) is 2.66. The third-order valence-corrected chi connectivity index (χ3v) is 4.38. The topological polar surface area (TPSA) is 38.7 Å². The molecule has 0 saturated carbocycles. The van der Waals surface area contributed by atoms with E-state index in [1.165, 1.54) is 12.0 Å². The lowest BCUT2D eigenvalue weighted by Crippen LogP contribution is -2.19. The summed E-state index contributed by atoms with van der Waals surface area (Å²) in [6.45, 7) is 9.79. The van der Waals surface area contributed by atoms with Gasteiger partial charge in [0.05, 0.1) is 19.3 Å². The number of ether oxygens (including phenoxy) is 2. The Kier molecular flexibility index (Phi) is 8.43. The highest BCUT2D eigenvalue weighted by Crippen LogP contribution is 2.27. The molecule has 4 atom stereocenters. The van der Waals surface area contributed by atoms with Gasteiger partial charge in [0.25, 0.3) is 0 Å². The molecule has 118 valence electrons. The zero-order valence-electron chi connectivity index (χ0n) is 13.6. The Morgan fingerprint density at radius 2 is 2.10 bits per heavy atom. The van der Waals surface area contributed by atoms with Crippen molar-refractivity contribution in [2.45, 2.75) is 72.2 Å². The molecule has 0 bridgehead atoms. The number of aliphatic hydroxyl groups excluding tert-OH is 1. The molecule has 0 aromatic carbocycles. The van der Waals surface area contributed by atoms with E-state index in [0.717, 1.165) is 32.3 Å². The summed E-state index contributed by atoms with van der Waals surface area (Å²) in [5.41, 5.74) is 1.29. The Morgan fingerprint density at radius 1 is 1.35 bits per heavy atom. The maximum absolute atomic E-state index is 8.86. The minimum absolute atomic E-state index is 0.0299. The van der Waals surface area contributed by atoms with E-state index in [0.29, 0.717) is 11.8 Å². The van der Waals surface area contributed by atoms with Crippen LogP contribution in [-0.4, -0.2) is 30.7 Å². The van der Waals surface area contributed by atoms with Crippen LogP contribution in [0, 0.1) is 11.8 Å². The number of hydrogen-bond acceptors (Lipinski definition) is 3. The van der Waals surface area contributed by atoms with Crippen molar-refractivity contribution in [3.05, 3.63) is 11.6 Å². The van der Waals surface area contributed by atoms with Gasteiger partial charge < -0.3 is 14.6 Å². The summed E-state index contributed by atoms with van der Waals surface area (Å²) in [7, 11) is 0. The molecule has 2 unspecified atom stereocenters. The Morgan fingerprint density at radius 3 is 2.75 bits per heavy atom. The molecule has 1 heterocycles. The minimum Gasteiger partial charge on any atom is -0.392 e. The second-order valence-corrected chi connectivity index (χ2v) is 6.27. The van der Waals surface area contributed by atoms with Gasteiger partial charge in [-0.15, -0.1) is 0 Å². The lowest BCUT2D eigenvalue weighted by molar-refractivity contribution is -0.0656. The highest BCUT2D eigenvalue weighted by Gasteiger charge is 2.27. The molecular weight excluding hydrogens is 252 g/mol. The molecule has 3 nitrogen and oxygen atoms in total. The van der Waals surface area contributed by atoms with Crippen molar-refractivity contribution >= 4 is 0 Å². The van der Waals surface area contributed by atoms with Crippen molar-refractivity contribution in [1.29, 1.82) is 0 Å². The van der Waals surface area contributed by atoms with Crippen molar-refractivity contribution < 1.29 is 14.6 Å². The third-order valence-electron chi connectivity index (χ3n) is 4.38. The Hall–Kier alpha value is -0.380.